The lowest BCUT2D eigenvalue weighted by molar-refractivity contribution is -0.136. The molecule has 4 nitrogen and oxygen atoms in total. The number of likely N-dealkylation sites (tertiary alicyclic amines) is 1. The third kappa shape index (κ3) is 3.04. The highest BCUT2D eigenvalue weighted by Gasteiger charge is 2.39. The first-order chi connectivity index (χ1) is 8.51. The molecule has 0 aromatic carbocycles. The molecule has 1 saturated carbocycles. The van der Waals surface area contributed by atoms with Crippen molar-refractivity contribution in [1.29, 1.82) is 0 Å². The lowest BCUT2D eigenvalue weighted by Crippen LogP contribution is -2.54. The van der Waals surface area contributed by atoms with E-state index in [0.717, 1.165) is 38.8 Å². The molecule has 1 atom stereocenters. The minimum atomic E-state index is -0.560. The molecule has 2 N–H and O–H groups in total. The summed E-state index contributed by atoms with van der Waals surface area (Å²) in [7, 11) is 4.08. The van der Waals surface area contributed by atoms with Crippen LogP contribution in [0.1, 0.15) is 38.5 Å². The van der Waals surface area contributed by atoms with Crippen molar-refractivity contribution in [1.82, 2.24) is 9.80 Å². The fourth-order valence-corrected chi connectivity index (χ4v) is 3.49. The van der Waals surface area contributed by atoms with Crippen molar-refractivity contribution in [2.45, 2.75) is 44.1 Å². The number of nitrogens with two attached hydrogens (primary N) is 1. The van der Waals surface area contributed by atoms with E-state index in [9.17, 15) is 4.79 Å². The molecule has 1 amide bonds. The summed E-state index contributed by atoms with van der Waals surface area (Å²) in [5.74, 6) is 0.774. The Balaban J connectivity index is 1.87. The Morgan fingerprint density at radius 1 is 1.39 bits per heavy atom. The Hall–Kier alpha value is -0.610. The minimum Gasteiger partial charge on any atom is -0.344 e. The third-order valence-electron chi connectivity index (χ3n) is 4.52. The van der Waals surface area contributed by atoms with Gasteiger partial charge in [0.2, 0.25) is 5.91 Å². The fourth-order valence-electron chi connectivity index (χ4n) is 3.49. The average Bonchev–Trinajstić information content (AvgIpc) is 2.76. The Morgan fingerprint density at radius 3 is 2.67 bits per heavy atom. The first-order valence-corrected chi connectivity index (χ1v) is 7.24. The maximum atomic E-state index is 12.4. The largest absolute Gasteiger partial charge is 0.344 e. The summed E-state index contributed by atoms with van der Waals surface area (Å²) >= 11 is 0. The smallest absolute Gasteiger partial charge is 0.242 e. The molecular formula is C14H27N3O. The van der Waals surface area contributed by atoms with E-state index < -0.39 is 5.54 Å². The van der Waals surface area contributed by atoms with Crippen LogP contribution in [0.2, 0.25) is 0 Å². The van der Waals surface area contributed by atoms with E-state index in [4.69, 9.17) is 5.73 Å². The molecule has 1 aliphatic heterocycles. The number of hydrogen-bond acceptors (Lipinski definition) is 3. The van der Waals surface area contributed by atoms with Crippen LogP contribution >= 0.6 is 0 Å². The standard InChI is InChI=1S/C14H27N3O/c1-16-9-5-6-12(10-16)11-17(2)13(18)14(15)7-3-4-8-14/h12H,3-11,15H2,1-2H3. The van der Waals surface area contributed by atoms with Crippen molar-refractivity contribution in [3.8, 4) is 0 Å². The number of nitrogens with zero attached hydrogens (tertiary/aromatic N) is 2. The minimum absolute atomic E-state index is 0.160. The molecule has 1 heterocycles. The van der Waals surface area contributed by atoms with Gasteiger partial charge in [-0.25, -0.2) is 0 Å². The molecule has 104 valence electrons. The Kier molecular flexibility index (Phi) is 4.28. The van der Waals surface area contributed by atoms with Crippen LogP contribution in [0, 0.1) is 5.92 Å². The summed E-state index contributed by atoms with van der Waals surface area (Å²) < 4.78 is 0. The van der Waals surface area contributed by atoms with Gasteiger partial charge >= 0.3 is 0 Å². The number of carbonyl (C=O) groups excluding carboxylic acids is 1. The van der Waals surface area contributed by atoms with Gasteiger partial charge in [-0.05, 0) is 45.2 Å². The van der Waals surface area contributed by atoms with Crippen LogP contribution in [0.15, 0.2) is 0 Å². The molecule has 2 fully saturated rings. The van der Waals surface area contributed by atoms with E-state index in [1.807, 2.05) is 11.9 Å². The van der Waals surface area contributed by atoms with Crippen molar-refractivity contribution in [2.24, 2.45) is 11.7 Å². The monoisotopic (exact) mass is 253 g/mol. The normalized spacial score (nSPS) is 28.3. The number of amides is 1. The zero-order valence-corrected chi connectivity index (χ0v) is 11.8. The second-order valence-corrected chi connectivity index (χ2v) is 6.32. The topological polar surface area (TPSA) is 49.6 Å². The molecule has 2 rings (SSSR count). The van der Waals surface area contributed by atoms with Crippen LogP contribution in [0.4, 0.5) is 0 Å². The fraction of sp³-hybridized carbons (Fsp3) is 0.929. The molecular weight excluding hydrogens is 226 g/mol. The van der Waals surface area contributed by atoms with Crippen molar-refractivity contribution >= 4 is 5.91 Å². The van der Waals surface area contributed by atoms with Crippen LogP contribution in [-0.4, -0.2) is 55.0 Å². The summed E-state index contributed by atoms with van der Waals surface area (Å²) in [6.45, 7) is 3.16. The zero-order chi connectivity index (χ0) is 13.2. The third-order valence-corrected chi connectivity index (χ3v) is 4.52. The van der Waals surface area contributed by atoms with Crippen LogP contribution in [0.5, 0.6) is 0 Å². The van der Waals surface area contributed by atoms with E-state index in [1.165, 1.54) is 19.4 Å². The summed E-state index contributed by atoms with van der Waals surface area (Å²) in [4.78, 5) is 16.7. The van der Waals surface area contributed by atoms with Gasteiger partial charge in [0, 0.05) is 20.1 Å². The van der Waals surface area contributed by atoms with E-state index >= 15 is 0 Å². The Bertz CT molecular complexity index is 299. The molecule has 0 aromatic rings. The summed E-state index contributed by atoms with van der Waals surface area (Å²) in [5, 5.41) is 0. The highest BCUT2D eigenvalue weighted by atomic mass is 16.2. The molecule has 18 heavy (non-hydrogen) atoms. The zero-order valence-electron chi connectivity index (χ0n) is 11.8. The lowest BCUT2D eigenvalue weighted by atomic mass is 9.94. The molecule has 1 saturated heterocycles. The van der Waals surface area contributed by atoms with E-state index in [1.54, 1.807) is 0 Å². The molecule has 0 radical (unpaired) electrons. The molecule has 1 unspecified atom stereocenters. The van der Waals surface area contributed by atoms with Gasteiger partial charge < -0.3 is 15.5 Å². The quantitative estimate of drug-likeness (QED) is 0.818. The van der Waals surface area contributed by atoms with E-state index in [2.05, 4.69) is 11.9 Å². The number of hydrogen-bond donors (Lipinski definition) is 1. The SMILES string of the molecule is CN1CCCC(CN(C)C(=O)C2(N)CCCC2)C1. The Labute approximate surface area is 110 Å². The van der Waals surface area contributed by atoms with Crippen molar-refractivity contribution in [3.05, 3.63) is 0 Å². The van der Waals surface area contributed by atoms with Gasteiger partial charge in [0.15, 0.2) is 0 Å². The van der Waals surface area contributed by atoms with Crippen molar-refractivity contribution in [3.63, 3.8) is 0 Å². The highest BCUT2D eigenvalue weighted by Crippen LogP contribution is 2.29. The van der Waals surface area contributed by atoms with Crippen molar-refractivity contribution < 1.29 is 4.79 Å². The first kappa shape index (κ1) is 13.8. The van der Waals surface area contributed by atoms with Crippen LogP contribution in [-0.2, 0) is 4.79 Å². The molecule has 0 bridgehead atoms. The number of rotatable bonds is 3. The number of likely N-dealkylation sites (N-methyl/N-ethyl adjacent to an activating group) is 1. The lowest BCUT2D eigenvalue weighted by Gasteiger charge is -2.35. The van der Waals surface area contributed by atoms with Gasteiger partial charge in [0.1, 0.15) is 0 Å². The maximum Gasteiger partial charge on any atom is 0.242 e. The van der Waals surface area contributed by atoms with Crippen LogP contribution < -0.4 is 5.73 Å². The summed E-state index contributed by atoms with van der Waals surface area (Å²) in [6.07, 6.45) is 6.41. The van der Waals surface area contributed by atoms with Gasteiger partial charge in [-0.2, -0.15) is 0 Å². The van der Waals surface area contributed by atoms with Crippen molar-refractivity contribution in [2.75, 3.05) is 33.7 Å². The summed E-state index contributed by atoms with van der Waals surface area (Å²) in [5.41, 5.74) is 5.67. The highest BCUT2D eigenvalue weighted by molar-refractivity contribution is 5.86. The van der Waals surface area contributed by atoms with Gasteiger partial charge in [-0.3, -0.25) is 4.79 Å². The van der Waals surface area contributed by atoms with Crippen LogP contribution in [0.25, 0.3) is 0 Å². The Morgan fingerprint density at radius 2 is 2.06 bits per heavy atom. The van der Waals surface area contributed by atoms with Gasteiger partial charge in [0.05, 0.1) is 5.54 Å². The number of piperidine rings is 1. The molecule has 1 aliphatic carbocycles. The van der Waals surface area contributed by atoms with E-state index in [-0.39, 0.29) is 5.91 Å². The first-order valence-electron chi connectivity index (χ1n) is 7.24. The molecule has 2 aliphatic rings. The van der Waals surface area contributed by atoms with E-state index in [0.29, 0.717) is 5.92 Å². The molecule has 0 spiro atoms. The van der Waals surface area contributed by atoms with Gasteiger partial charge in [0.25, 0.3) is 0 Å². The molecule has 4 heteroatoms. The van der Waals surface area contributed by atoms with Gasteiger partial charge in [-0.1, -0.05) is 12.8 Å². The summed E-state index contributed by atoms with van der Waals surface area (Å²) in [6, 6.07) is 0. The second-order valence-electron chi connectivity index (χ2n) is 6.32. The van der Waals surface area contributed by atoms with Crippen LogP contribution in [0.3, 0.4) is 0 Å². The predicted molar refractivity (Wildman–Crippen MR) is 73.2 cm³/mol. The average molecular weight is 253 g/mol. The maximum absolute atomic E-state index is 12.4. The number of carbonyl (C=O) groups is 1. The second kappa shape index (κ2) is 5.57. The predicted octanol–water partition coefficient (Wildman–Crippen LogP) is 1.06. The van der Waals surface area contributed by atoms with Gasteiger partial charge in [-0.15, -0.1) is 0 Å². The molecule has 0 aromatic heterocycles.